The summed E-state index contributed by atoms with van der Waals surface area (Å²) in [6, 6.07) is 11.2. The van der Waals surface area contributed by atoms with Crippen LogP contribution in [0.15, 0.2) is 48.0 Å². The molecule has 1 N–H and O–H groups in total. The molecule has 1 fully saturated rings. The molecule has 0 bridgehead atoms. The van der Waals surface area contributed by atoms with Crippen LogP contribution < -0.4 is 14.8 Å². The summed E-state index contributed by atoms with van der Waals surface area (Å²) < 4.78 is 12.1. The molecular weight excluding hydrogens is 374 g/mol. The monoisotopic (exact) mass is 393 g/mol. The van der Waals surface area contributed by atoms with E-state index in [9.17, 15) is 4.79 Å². The van der Waals surface area contributed by atoms with Crippen LogP contribution in [-0.4, -0.2) is 21.7 Å². The summed E-state index contributed by atoms with van der Waals surface area (Å²) in [5.41, 5.74) is 2.24. The van der Waals surface area contributed by atoms with E-state index < -0.39 is 5.79 Å². The Morgan fingerprint density at radius 2 is 2.00 bits per heavy atom. The molecule has 0 unspecified atom stereocenters. The van der Waals surface area contributed by atoms with Crippen molar-refractivity contribution in [2.75, 3.05) is 5.32 Å². The maximum absolute atomic E-state index is 12.4. The van der Waals surface area contributed by atoms with Gasteiger partial charge in [0.05, 0.1) is 17.8 Å². The van der Waals surface area contributed by atoms with E-state index in [0.717, 1.165) is 47.8 Å². The summed E-state index contributed by atoms with van der Waals surface area (Å²) in [4.78, 5) is 21.3. The quantitative estimate of drug-likeness (QED) is 0.710. The Morgan fingerprint density at radius 3 is 2.82 bits per heavy atom. The number of hydrogen-bond donors (Lipinski definition) is 1. The van der Waals surface area contributed by atoms with Crippen molar-refractivity contribution >= 4 is 22.9 Å². The van der Waals surface area contributed by atoms with E-state index in [1.165, 1.54) is 11.3 Å². The fourth-order valence-corrected chi connectivity index (χ4v) is 4.45. The van der Waals surface area contributed by atoms with Crippen LogP contribution in [0.1, 0.15) is 31.4 Å². The third kappa shape index (κ3) is 3.33. The molecule has 142 valence electrons. The minimum atomic E-state index is -0.493. The number of carbonyl (C=O) groups is 1. The van der Waals surface area contributed by atoms with Crippen molar-refractivity contribution in [2.24, 2.45) is 0 Å². The Bertz CT molecular complexity index is 1010. The van der Waals surface area contributed by atoms with Gasteiger partial charge in [0.1, 0.15) is 5.01 Å². The van der Waals surface area contributed by atoms with Crippen LogP contribution in [0.5, 0.6) is 11.5 Å². The average molecular weight is 393 g/mol. The first-order valence-electron chi connectivity index (χ1n) is 9.37. The smallest absolute Gasteiger partial charge is 0.251 e. The molecule has 3 heterocycles. The molecule has 3 aromatic rings. The van der Waals surface area contributed by atoms with Gasteiger partial charge in [0.15, 0.2) is 11.5 Å². The minimum Gasteiger partial charge on any atom is -0.448 e. The van der Waals surface area contributed by atoms with Gasteiger partial charge in [-0.2, -0.15) is 0 Å². The molecule has 1 spiro atoms. The first-order valence-corrected chi connectivity index (χ1v) is 10.2. The van der Waals surface area contributed by atoms with Crippen LogP contribution >= 0.6 is 11.3 Å². The lowest BCUT2D eigenvalue weighted by Gasteiger charge is -2.21. The molecule has 2 aliphatic rings. The van der Waals surface area contributed by atoms with Crippen LogP contribution in [0.2, 0.25) is 0 Å². The van der Waals surface area contributed by atoms with E-state index in [1.54, 1.807) is 6.20 Å². The van der Waals surface area contributed by atoms with Gasteiger partial charge >= 0.3 is 0 Å². The third-order valence-electron chi connectivity index (χ3n) is 4.96. The number of fused-ring (bicyclic) bond motifs is 1. The molecule has 0 atom stereocenters. The highest BCUT2D eigenvalue weighted by atomic mass is 32.1. The van der Waals surface area contributed by atoms with Crippen molar-refractivity contribution in [1.29, 1.82) is 0 Å². The van der Waals surface area contributed by atoms with E-state index >= 15 is 0 Å². The van der Waals surface area contributed by atoms with Crippen molar-refractivity contribution in [3.05, 3.63) is 53.7 Å². The highest BCUT2D eigenvalue weighted by molar-refractivity contribution is 7.13. The van der Waals surface area contributed by atoms with Gasteiger partial charge in [-0.15, -0.1) is 11.3 Å². The second kappa shape index (κ2) is 6.91. The molecule has 1 saturated carbocycles. The maximum atomic E-state index is 12.4. The second-order valence-corrected chi connectivity index (χ2v) is 7.93. The lowest BCUT2D eigenvalue weighted by atomic mass is 10.2. The van der Waals surface area contributed by atoms with Crippen LogP contribution in [-0.2, 0) is 11.2 Å². The molecule has 0 saturated heterocycles. The number of benzene rings is 1. The minimum absolute atomic E-state index is 0.118. The van der Waals surface area contributed by atoms with E-state index in [2.05, 4.69) is 15.3 Å². The lowest BCUT2D eigenvalue weighted by molar-refractivity contribution is -0.115. The third-order valence-corrected chi connectivity index (χ3v) is 5.88. The van der Waals surface area contributed by atoms with Crippen molar-refractivity contribution in [1.82, 2.24) is 9.97 Å². The molecule has 1 amide bonds. The number of thiazole rings is 1. The standard InChI is InChI=1S/C21H19N3O3S/c25-19(12-15-13-28-20(24-15)16-5-1-4-10-22-16)23-14-6-7-17-18(11-14)27-21(26-17)8-2-3-9-21/h1,4-7,10-11,13H,2-3,8-9,12H2,(H,23,25). The highest BCUT2D eigenvalue weighted by Crippen LogP contribution is 2.47. The number of ether oxygens (including phenoxy) is 2. The fourth-order valence-electron chi connectivity index (χ4n) is 3.65. The lowest BCUT2D eigenvalue weighted by Crippen LogP contribution is -2.34. The van der Waals surface area contributed by atoms with E-state index in [-0.39, 0.29) is 12.3 Å². The SMILES string of the molecule is O=C(Cc1csc(-c2ccccn2)n1)Nc1ccc2c(c1)OC1(CCCC1)O2. The van der Waals surface area contributed by atoms with Gasteiger partial charge in [-0.1, -0.05) is 6.07 Å². The molecule has 0 radical (unpaired) electrons. The topological polar surface area (TPSA) is 73.3 Å². The van der Waals surface area contributed by atoms with Gasteiger partial charge in [0.25, 0.3) is 5.79 Å². The Hall–Kier alpha value is -2.93. The number of hydrogen-bond acceptors (Lipinski definition) is 6. The molecule has 2 aromatic heterocycles. The van der Waals surface area contributed by atoms with Gasteiger partial charge < -0.3 is 14.8 Å². The van der Waals surface area contributed by atoms with E-state index in [1.807, 2.05) is 41.8 Å². The van der Waals surface area contributed by atoms with E-state index in [0.29, 0.717) is 11.4 Å². The highest BCUT2D eigenvalue weighted by Gasteiger charge is 2.44. The Balaban J connectivity index is 1.24. The average Bonchev–Trinajstić information content (AvgIpc) is 3.42. The number of carbonyl (C=O) groups excluding carboxylic acids is 1. The second-order valence-electron chi connectivity index (χ2n) is 7.07. The predicted octanol–water partition coefficient (Wildman–Crippen LogP) is 4.43. The number of anilines is 1. The van der Waals surface area contributed by atoms with Crippen LogP contribution in [0.3, 0.4) is 0 Å². The number of amides is 1. The molecule has 28 heavy (non-hydrogen) atoms. The predicted molar refractivity (Wildman–Crippen MR) is 107 cm³/mol. The summed E-state index contributed by atoms with van der Waals surface area (Å²) in [7, 11) is 0. The van der Waals surface area contributed by atoms with E-state index in [4.69, 9.17) is 9.47 Å². The van der Waals surface area contributed by atoms with Crippen LogP contribution in [0.4, 0.5) is 5.69 Å². The van der Waals surface area contributed by atoms with Crippen molar-refractivity contribution in [3.63, 3.8) is 0 Å². The molecule has 7 heteroatoms. The van der Waals surface area contributed by atoms with Gasteiger partial charge in [0.2, 0.25) is 5.91 Å². The number of rotatable bonds is 4. The van der Waals surface area contributed by atoms with Gasteiger partial charge in [-0.3, -0.25) is 9.78 Å². The van der Waals surface area contributed by atoms with Crippen molar-refractivity contribution in [3.8, 4) is 22.2 Å². The largest absolute Gasteiger partial charge is 0.448 e. The zero-order chi connectivity index (χ0) is 19.0. The Morgan fingerprint density at radius 1 is 1.14 bits per heavy atom. The van der Waals surface area contributed by atoms with Gasteiger partial charge in [-0.25, -0.2) is 4.98 Å². The number of aromatic nitrogens is 2. The molecule has 1 aliphatic carbocycles. The van der Waals surface area contributed by atoms with Crippen molar-refractivity contribution < 1.29 is 14.3 Å². The van der Waals surface area contributed by atoms with Crippen molar-refractivity contribution in [2.45, 2.75) is 37.9 Å². The summed E-state index contributed by atoms with van der Waals surface area (Å²) in [6.45, 7) is 0. The van der Waals surface area contributed by atoms with Crippen LogP contribution in [0, 0.1) is 0 Å². The maximum Gasteiger partial charge on any atom is 0.251 e. The number of nitrogens with one attached hydrogen (secondary N) is 1. The first kappa shape index (κ1) is 17.2. The van der Waals surface area contributed by atoms with Gasteiger partial charge in [0, 0.05) is 36.2 Å². The summed E-state index contributed by atoms with van der Waals surface area (Å²) in [5.74, 6) is 0.838. The summed E-state index contributed by atoms with van der Waals surface area (Å²) in [5, 5.41) is 5.63. The zero-order valence-electron chi connectivity index (χ0n) is 15.2. The number of pyridine rings is 1. The molecule has 6 nitrogen and oxygen atoms in total. The normalized spacial score (nSPS) is 16.4. The number of nitrogens with zero attached hydrogens (tertiary/aromatic N) is 2. The van der Waals surface area contributed by atoms with Crippen LogP contribution in [0.25, 0.3) is 10.7 Å². The molecule has 1 aliphatic heterocycles. The summed E-state index contributed by atoms with van der Waals surface area (Å²) >= 11 is 1.49. The van der Waals surface area contributed by atoms with Gasteiger partial charge in [-0.05, 0) is 37.1 Å². The molecular formula is C21H19N3O3S. The Labute approximate surface area is 166 Å². The fraction of sp³-hybridized carbons (Fsp3) is 0.286. The summed E-state index contributed by atoms with van der Waals surface area (Å²) in [6.07, 6.45) is 6.00. The molecule has 1 aromatic carbocycles. The Kier molecular flexibility index (Phi) is 4.24. The molecule has 5 rings (SSSR count). The first-order chi connectivity index (χ1) is 13.7. The zero-order valence-corrected chi connectivity index (χ0v) is 16.0.